The third kappa shape index (κ3) is 3.31. The molecule has 0 radical (unpaired) electrons. The van der Waals surface area contributed by atoms with E-state index in [0.717, 1.165) is 20.6 Å². The van der Waals surface area contributed by atoms with Crippen LogP contribution in [0.3, 0.4) is 0 Å². The van der Waals surface area contributed by atoms with Crippen LogP contribution in [0.5, 0.6) is 0 Å². The number of aliphatic hydroxyl groups is 1. The molecule has 1 aromatic carbocycles. The molecule has 2 heterocycles. The van der Waals surface area contributed by atoms with Crippen molar-refractivity contribution in [2.75, 3.05) is 18.5 Å². The number of aromatic nitrogens is 2. The molecule has 108 valence electrons. The Morgan fingerprint density at radius 1 is 1.29 bits per heavy atom. The largest absolute Gasteiger partial charge is 0.395 e. The van der Waals surface area contributed by atoms with Gasteiger partial charge < -0.3 is 14.9 Å². The van der Waals surface area contributed by atoms with Gasteiger partial charge in [-0.05, 0) is 46.3 Å². The fraction of sp³-hybridized carbons (Fsp3) is 0.143. The van der Waals surface area contributed by atoms with Crippen molar-refractivity contribution in [1.29, 1.82) is 0 Å². The standard InChI is InChI=1S/C14H12BrN3O2S/c15-10-7-12(21-8-10)13-17-14(20-18-13)9-1-3-11(4-2-9)16-5-6-19/h1-4,7-8,16,19H,5-6H2. The van der Waals surface area contributed by atoms with Gasteiger partial charge in [-0.3, -0.25) is 0 Å². The number of rotatable bonds is 5. The van der Waals surface area contributed by atoms with Gasteiger partial charge in [0.15, 0.2) is 0 Å². The highest BCUT2D eigenvalue weighted by atomic mass is 79.9. The number of nitrogens with zero attached hydrogens (tertiary/aromatic N) is 2. The highest BCUT2D eigenvalue weighted by Crippen LogP contribution is 2.29. The van der Waals surface area contributed by atoms with Crippen LogP contribution in [-0.2, 0) is 0 Å². The molecule has 3 rings (SSSR count). The maximum Gasteiger partial charge on any atom is 0.258 e. The van der Waals surface area contributed by atoms with E-state index in [2.05, 4.69) is 31.4 Å². The number of aliphatic hydroxyl groups excluding tert-OH is 1. The molecule has 2 N–H and O–H groups in total. The van der Waals surface area contributed by atoms with Gasteiger partial charge in [0.1, 0.15) is 0 Å². The SMILES string of the molecule is OCCNc1ccc(-c2nc(-c3cc(Br)cs3)no2)cc1. The van der Waals surface area contributed by atoms with Crippen molar-refractivity contribution in [2.45, 2.75) is 0 Å². The van der Waals surface area contributed by atoms with Gasteiger partial charge >= 0.3 is 0 Å². The van der Waals surface area contributed by atoms with E-state index in [-0.39, 0.29) is 6.61 Å². The molecule has 7 heteroatoms. The summed E-state index contributed by atoms with van der Waals surface area (Å²) in [6, 6.07) is 9.59. The summed E-state index contributed by atoms with van der Waals surface area (Å²) in [6.45, 7) is 0.627. The molecular weight excluding hydrogens is 354 g/mol. The van der Waals surface area contributed by atoms with Crippen molar-refractivity contribution in [3.05, 3.63) is 40.2 Å². The molecule has 5 nitrogen and oxygen atoms in total. The minimum absolute atomic E-state index is 0.102. The summed E-state index contributed by atoms with van der Waals surface area (Å²) in [5, 5.41) is 17.8. The van der Waals surface area contributed by atoms with Gasteiger partial charge in [0.05, 0.1) is 11.5 Å². The van der Waals surface area contributed by atoms with E-state index in [1.54, 1.807) is 11.3 Å². The van der Waals surface area contributed by atoms with E-state index in [1.165, 1.54) is 0 Å². The van der Waals surface area contributed by atoms with E-state index in [0.29, 0.717) is 18.3 Å². The van der Waals surface area contributed by atoms with Crippen molar-refractivity contribution >= 4 is 33.0 Å². The third-order valence-corrected chi connectivity index (χ3v) is 4.47. The van der Waals surface area contributed by atoms with Crippen LogP contribution in [0.25, 0.3) is 22.2 Å². The third-order valence-electron chi connectivity index (χ3n) is 2.79. The monoisotopic (exact) mass is 365 g/mol. The number of hydrogen-bond donors (Lipinski definition) is 2. The Balaban J connectivity index is 1.79. The zero-order valence-corrected chi connectivity index (χ0v) is 13.3. The lowest BCUT2D eigenvalue weighted by molar-refractivity contribution is 0.311. The quantitative estimate of drug-likeness (QED) is 0.722. The molecule has 0 fully saturated rings. The second-order valence-electron chi connectivity index (χ2n) is 4.28. The number of thiophene rings is 1. The molecule has 0 saturated carbocycles. The topological polar surface area (TPSA) is 71.2 Å². The van der Waals surface area contributed by atoms with E-state index in [1.807, 2.05) is 35.7 Å². The van der Waals surface area contributed by atoms with Crippen LogP contribution in [0.1, 0.15) is 0 Å². The second-order valence-corrected chi connectivity index (χ2v) is 6.11. The summed E-state index contributed by atoms with van der Waals surface area (Å²) in [5.74, 6) is 1.08. The fourth-order valence-electron chi connectivity index (χ4n) is 1.80. The Morgan fingerprint density at radius 2 is 2.10 bits per heavy atom. The van der Waals surface area contributed by atoms with Crippen molar-refractivity contribution in [2.24, 2.45) is 0 Å². The van der Waals surface area contributed by atoms with Crippen molar-refractivity contribution in [3.63, 3.8) is 0 Å². The van der Waals surface area contributed by atoms with Gasteiger partial charge in [-0.15, -0.1) is 11.3 Å². The number of anilines is 1. The molecule has 0 saturated heterocycles. The Hall–Kier alpha value is -1.70. The number of nitrogens with one attached hydrogen (secondary N) is 1. The van der Waals surface area contributed by atoms with Gasteiger partial charge in [0, 0.05) is 27.6 Å². The minimum Gasteiger partial charge on any atom is -0.395 e. The van der Waals surface area contributed by atoms with Crippen LogP contribution in [0.4, 0.5) is 5.69 Å². The zero-order valence-electron chi connectivity index (χ0n) is 10.9. The van der Waals surface area contributed by atoms with Crippen molar-refractivity contribution in [1.82, 2.24) is 10.1 Å². The van der Waals surface area contributed by atoms with Gasteiger partial charge in [-0.2, -0.15) is 4.98 Å². The number of halogens is 1. The summed E-state index contributed by atoms with van der Waals surface area (Å²) in [7, 11) is 0. The van der Waals surface area contributed by atoms with Gasteiger partial charge in [-0.1, -0.05) is 5.16 Å². The predicted molar refractivity (Wildman–Crippen MR) is 86.3 cm³/mol. The maximum atomic E-state index is 8.77. The number of hydrogen-bond acceptors (Lipinski definition) is 6. The van der Waals surface area contributed by atoms with E-state index in [9.17, 15) is 0 Å². The van der Waals surface area contributed by atoms with Crippen LogP contribution < -0.4 is 5.32 Å². The second kappa shape index (κ2) is 6.38. The first-order valence-electron chi connectivity index (χ1n) is 6.29. The van der Waals surface area contributed by atoms with Gasteiger partial charge in [0.25, 0.3) is 5.89 Å². The smallest absolute Gasteiger partial charge is 0.258 e. The lowest BCUT2D eigenvalue weighted by Gasteiger charge is -2.03. The van der Waals surface area contributed by atoms with E-state index in [4.69, 9.17) is 9.63 Å². The molecule has 2 aromatic heterocycles. The number of benzene rings is 1. The first kappa shape index (κ1) is 14.2. The van der Waals surface area contributed by atoms with Crippen molar-refractivity contribution < 1.29 is 9.63 Å². The molecule has 0 aliphatic heterocycles. The molecule has 0 atom stereocenters. The molecule has 0 bridgehead atoms. The van der Waals surface area contributed by atoms with Crippen molar-refractivity contribution in [3.8, 4) is 22.2 Å². The molecule has 0 amide bonds. The Kier molecular flexibility index (Phi) is 4.33. The average molecular weight is 366 g/mol. The van der Waals surface area contributed by atoms with E-state index >= 15 is 0 Å². The first-order valence-corrected chi connectivity index (χ1v) is 7.97. The minimum atomic E-state index is 0.102. The molecule has 0 aliphatic carbocycles. The van der Waals surface area contributed by atoms with Gasteiger partial charge in [0.2, 0.25) is 5.82 Å². The average Bonchev–Trinajstić information content (AvgIpc) is 3.14. The van der Waals surface area contributed by atoms with E-state index < -0.39 is 0 Å². The van der Waals surface area contributed by atoms with Gasteiger partial charge in [-0.25, -0.2) is 0 Å². The molecule has 0 spiro atoms. The predicted octanol–water partition coefficient (Wildman–Crippen LogP) is 3.63. The first-order chi connectivity index (χ1) is 10.3. The summed E-state index contributed by atoms with van der Waals surface area (Å²) in [4.78, 5) is 5.36. The Labute approximate surface area is 133 Å². The summed E-state index contributed by atoms with van der Waals surface area (Å²) in [5.41, 5.74) is 1.80. The lowest BCUT2D eigenvalue weighted by Crippen LogP contribution is -2.04. The molecule has 3 aromatic rings. The summed E-state index contributed by atoms with van der Waals surface area (Å²) >= 11 is 4.97. The molecule has 0 aliphatic rings. The van der Waals surface area contributed by atoms with Crippen LogP contribution in [0.2, 0.25) is 0 Å². The normalized spacial score (nSPS) is 10.8. The Bertz CT molecular complexity index is 724. The lowest BCUT2D eigenvalue weighted by atomic mass is 10.2. The maximum absolute atomic E-state index is 8.77. The van der Waals surface area contributed by atoms with Crippen LogP contribution in [0.15, 0.2) is 44.7 Å². The Morgan fingerprint density at radius 3 is 2.76 bits per heavy atom. The van der Waals surface area contributed by atoms with Crippen LogP contribution >= 0.6 is 27.3 Å². The summed E-state index contributed by atoms with van der Waals surface area (Å²) in [6.07, 6.45) is 0. The molecular formula is C14H12BrN3O2S. The fourth-order valence-corrected chi connectivity index (χ4v) is 3.15. The van der Waals surface area contributed by atoms with Crippen LogP contribution in [-0.4, -0.2) is 28.4 Å². The highest BCUT2D eigenvalue weighted by Gasteiger charge is 2.12. The molecule has 0 unspecified atom stereocenters. The van der Waals surface area contributed by atoms with Crippen LogP contribution in [0, 0.1) is 0 Å². The summed E-state index contributed by atoms with van der Waals surface area (Å²) < 4.78 is 6.31. The zero-order chi connectivity index (χ0) is 14.7. The molecule has 21 heavy (non-hydrogen) atoms. The highest BCUT2D eigenvalue weighted by molar-refractivity contribution is 9.10.